The van der Waals surface area contributed by atoms with Crippen molar-refractivity contribution in [2.75, 3.05) is 11.9 Å². The normalized spacial score (nSPS) is 13.7. The first-order chi connectivity index (χ1) is 15.2. The fourth-order valence-electron chi connectivity index (χ4n) is 3.71. The molecule has 1 aliphatic heterocycles. The van der Waals surface area contributed by atoms with E-state index in [0.717, 1.165) is 48.0 Å². The van der Waals surface area contributed by atoms with E-state index in [9.17, 15) is 4.79 Å². The van der Waals surface area contributed by atoms with Crippen molar-refractivity contribution in [1.29, 1.82) is 0 Å². The molecule has 1 aliphatic rings. The standard InChI is InChI=1S/C24H22N4OS2/c29-22(13-19-16-30-23(25-19)18-9-5-2-6-10-18)27-24-26-20-11-12-28(15-21(20)31-24)14-17-7-3-1-4-8-17/h1-10,16H,11-15H2,(H,26,27,29). The third-order valence-corrected chi connectivity index (χ3v) is 7.16. The minimum absolute atomic E-state index is 0.0721. The maximum absolute atomic E-state index is 12.6. The number of hydrogen-bond donors (Lipinski definition) is 1. The fraction of sp³-hybridized carbons (Fsp3) is 0.208. The zero-order valence-electron chi connectivity index (χ0n) is 17.0. The van der Waals surface area contributed by atoms with Gasteiger partial charge in [-0.25, -0.2) is 9.97 Å². The van der Waals surface area contributed by atoms with Crippen LogP contribution >= 0.6 is 22.7 Å². The average Bonchev–Trinajstić information content (AvgIpc) is 3.41. The molecule has 0 unspecified atom stereocenters. The van der Waals surface area contributed by atoms with Crippen LogP contribution in [0.5, 0.6) is 0 Å². The van der Waals surface area contributed by atoms with Crippen LogP contribution < -0.4 is 5.32 Å². The maximum Gasteiger partial charge on any atom is 0.232 e. The largest absolute Gasteiger partial charge is 0.302 e. The summed E-state index contributed by atoms with van der Waals surface area (Å²) in [5.74, 6) is -0.0721. The van der Waals surface area contributed by atoms with Crippen LogP contribution in [0.3, 0.4) is 0 Å². The highest BCUT2D eigenvalue weighted by Gasteiger charge is 2.21. The van der Waals surface area contributed by atoms with Crippen molar-refractivity contribution in [3.8, 4) is 10.6 Å². The van der Waals surface area contributed by atoms with Crippen LogP contribution in [-0.2, 0) is 30.7 Å². The number of carbonyl (C=O) groups is 1. The van der Waals surface area contributed by atoms with Crippen molar-refractivity contribution in [2.45, 2.75) is 25.9 Å². The number of nitrogens with one attached hydrogen (secondary N) is 1. The number of hydrogen-bond acceptors (Lipinski definition) is 6. The Morgan fingerprint density at radius 1 is 1.03 bits per heavy atom. The number of anilines is 1. The number of aromatic nitrogens is 2. The van der Waals surface area contributed by atoms with Crippen molar-refractivity contribution in [2.24, 2.45) is 0 Å². The number of amides is 1. The van der Waals surface area contributed by atoms with E-state index in [1.807, 2.05) is 41.8 Å². The fourth-order valence-corrected chi connectivity index (χ4v) is 5.60. The highest BCUT2D eigenvalue weighted by molar-refractivity contribution is 7.15. The number of rotatable bonds is 6. The summed E-state index contributed by atoms with van der Waals surface area (Å²) in [5, 5.41) is 6.56. The molecule has 0 aliphatic carbocycles. The van der Waals surface area contributed by atoms with Crippen molar-refractivity contribution in [1.82, 2.24) is 14.9 Å². The summed E-state index contributed by atoms with van der Waals surface area (Å²) in [6.45, 7) is 2.80. The number of carbonyl (C=O) groups excluding carboxylic acids is 1. The first kappa shape index (κ1) is 20.1. The van der Waals surface area contributed by atoms with Gasteiger partial charge in [0.1, 0.15) is 5.01 Å². The average molecular weight is 447 g/mol. The van der Waals surface area contributed by atoms with E-state index in [0.29, 0.717) is 5.13 Å². The topological polar surface area (TPSA) is 58.1 Å². The van der Waals surface area contributed by atoms with Gasteiger partial charge < -0.3 is 5.32 Å². The molecule has 5 rings (SSSR count). The summed E-state index contributed by atoms with van der Waals surface area (Å²) in [6, 6.07) is 20.6. The van der Waals surface area contributed by atoms with Gasteiger partial charge in [0.05, 0.1) is 17.8 Å². The van der Waals surface area contributed by atoms with Gasteiger partial charge in [0.15, 0.2) is 5.13 Å². The van der Waals surface area contributed by atoms with Crippen LogP contribution in [0, 0.1) is 0 Å². The number of fused-ring (bicyclic) bond motifs is 1. The molecule has 4 aromatic rings. The van der Waals surface area contributed by atoms with Gasteiger partial charge in [-0.1, -0.05) is 60.7 Å². The van der Waals surface area contributed by atoms with Crippen LogP contribution in [0.2, 0.25) is 0 Å². The molecule has 0 atom stereocenters. The summed E-state index contributed by atoms with van der Waals surface area (Å²) in [5.41, 5.74) is 4.30. The summed E-state index contributed by atoms with van der Waals surface area (Å²) in [7, 11) is 0. The molecule has 5 nitrogen and oxygen atoms in total. The molecular weight excluding hydrogens is 424 g/mol. The summed E-state index contributed by atoms with van der Waals surface area (Å²) in [4.78, 5) is 25.5. The van der Waals surface area contributed by atoms with Crippen LogP contribution in [0.25, 0.3) is 10.6 Å². The molecule has 0 fully saturated rings. The third-order valence-electron chi connectivity index (χ3n) is 5.22. The van der Waals surface area contributed by atoms with Crippen LogP contribution in [-0.4, -0.2) is 27.3 Å². The Kier molecular flexibility index (Phi) is 5.88. The van der Waals surface area contributed by atoms with Gasteiger partial charge in [-0.05, 0) is 5.56 Å². The van der Waals surface area contributed by atoms with Crippen molar-refractivity contribution in [3.63, 3.8) is 0 Å². The van der Waals surface area contributed by atoms with Crippen LogP contribution in [0.15, 0.2) is 66.0 Å². The first-order valence-corrected chi connectivity index (χ1v) is 12.0. The lowest BCUT2D eigenvalue weighted by molar-refractivity contribution is -0.115. The zero-order chi connectivity index (χ0) is 21.0. The molecule has 3 heterocycles. The lowest BCUT2D eigenvalue weighted by Gasteiger charge is -2.25. The van der Waals surface area contributed by atoms with Crippen molar-refractivity contribution >= 4 is 33.7 Å². The number of nitrogens with zero attached hydrogens (tertiary/aromatic N) is 3. The number of benzene rings is 2. The van der Waals surface area contributed by atoms with E-state index < -0.39 is 0 Å². The quantitative estimate of drug-likeness (QED) is 0.453. The SMILES string of the molecule is O=C(Cc1csc(-c2ccccc2)n1)Nc1nc2c(s1)CN(Cc1ccccc1)CC2. The van der Waals surface area contributed by atoms with Crippen molar-refractivity contribution < 1.29 is 4.79 Å². The molecule has 156 valence electrons. The third kappa shape index (κ3) is 4.90. The summed E-state index contributed by atoms with van der Waals surface area (Å²) < 4.78 is 0. The molecule has 1 amide bonds. The molecule has 7 heteroatoms. The highest BCUT2D eigenvalue weighted by Crippen LogP contribution is 2.29. The van der Waals surface area contributed by atoms with E-state index in [1.165, 1.54) is 10.4 Å². The molecular formula is C24H22N4OS2. The smallest absolute Gasteiger partial charge is 0.232 e. The van der Waals surface area contributed by atoms with Crippen LogP contribution in [0.1, 0.15) is 21.8 Å². The molecule has 0 saturated carbocycles. The molecule has 0 bridgehead atoms. The van der Waals surface area contributed by atoms with Gasteiger partial charge >= 0.3 is 0 Å². The Morgan fingerprint density at radius 3 is 2.61 bits per heavy atom. The predicted molar refractivity (Wildman–Crippen MR) is 126 cm³/mol. The van der Waals surface area contributed by atoms with Gasteiger partial charge in [0, 0.05) is 41.9 Å². The van der Waals surface area contributed by atoms with E-state index in [1.54, 1.807) is 22.7 Å². The second kappa shape index (κ2) is 9.09. The van der Waals surface area contributed by atoms with E-state index >= 15 is 0 Å². The molecule has 0 saturated heterocycles. The predicted octanol–water partition coefficient (Wildman–Crippen LogP) is 5.01. The maximum atomic E-state index is 12.6. The van der Waals surface area contributed by atoms with Gasteiger partial charge in [-0.2, -0.15) is 0 Å². The van der Waals surface area contributed by atoms with Crippen LogP contribution in [0.4, 0.5) is 5.13 Å². The second-order valence-corrected chi connectivity index (χ2v) is 9.51. The Balaban J connectivity index is 1.19. The highest BCUT2D eigenvalue weighted by atomic mass is 32.1. The Morgan fingerprint density at radius 2 is 1.81 bits per heavy atom. The molecule has 0 radical (unpaired) electrons. The Labute approximate surface area is 189 Å². The lowest BCUT2D eigenvalue weighted by atomic mass is 10.1. The zero-order valence-corrected chi connectivity index (χ0v) is 18.6. The second-order valence-electron chi connectivity index (χ2n) is 7.57. The lowest BCUT2D eigenvalue weighted by Crippen LogP contribution is -2.29. The molecule has 31 heavy (non-hydrogen) atoms. The number of thiazole rings is 2. The van der Waals surface area contributed by atoms with Gasteiger partial charge in [-0.15, -0.1) is 22.7 Å². The molecule has 2 aromatic carbocycles. The van der Waals surface area contributed by atoms with Gasteiger partial charge in [-0.3, -0.25) is 9.69 Å². The van der Waals surface area contributed by atoms with E-state index in [2.05, 4.69) is 44.5 Å². The van der Waals surface area contributed by atoms with Crippen molar-refractivity contribution in [3.05, 3.63) is 87.9 Å². The van der Waals surface area contributed by atoms with E-state index in [4.69, 9.17) is 0 Å². The first-order valence-electron chi connectivity index (χ1n) is 10.3. The Bertz CT molecular complexity index is 1170. The van der Waals surface area contributed by atoms with Gasteiger partial charge in [0.2, 0.25) is 5.91 Å². The minimum atomic E-state index is -0.0721. The summed E-state index contributed by atoms with van der Waals surface area (Å²) >= 11 is 3.15. The molecule has 0 spiro atoms. The monoisotopic (exact) mass is 446 g/mol. The van der Waals surface area contributed by atoms with E-state index in [-0.39, 0.29) is 12.3 Å². The Hall–Kier alpha value is -2.87. The van der Waals surface area contributed by atoms with Gasteiger partial charge in [0.25, 0.3) is 0 Å². The minimum Gasteiger partial charge on any atom is -0.302 e. The molecule has 2 aromatic heterocycles. The molecule has 1 N–H and O–H groups in total. The summed E-state index contributed by atoms with van der Waals surface area (Å²) in [6.07, 6.45) is 1.18.